The average molecular weight is 378 g/mol. The van der Waals surface area contributed by atoms with Crippen molar-refractivity contribution >= 4 is 5.97 Å². The molecule has 4 N–H and O–H groups in total. The van der Waals surface area contributed by atoms with E-state index in [4.69, 9.17) is 9.52 Å². The number of aliphatic hydroxyl groups excluding tert-OH is 3. The zero-order chi connectivity index (χ0) is 19.6. The van der Waals surface area contributed by atoms with E-state index in [2.05, 4.69) is 0 Å². The molecule has 0 saturated heterocycles. The van der Waals surface area contributed by atoms with Crippen LogP contribution in [0.25, 0.3) is 0 Å². The third-order valence-electron chi connectivity index (χ3n) is 5.07. The van der Waals surface area contributed by atoms with Crippen LogP contribution in [0.1, 0.15) is 44.3 Å². The average Bonchev–Trinajstić information content (AvgIpc) is 3.22. The zero-order valence-corrected chi connectivity index (χ0v) is 15.5. The summed E-state index contributed by atoms with van der Waals surface area (Å²) in [5.74, 6) is -0.288. The van der Waals surface area contributed by atoms with Crippen molar-refractivity contribution in [1.82, 2.24) is 0 Å². The van der Waals surface area contributed by atoms with Crippen LogP contribution in [-0.2, 0) is 11.2 Å². The minimum atomic E-state index is -0.798. The van der Waals surface area contributed by atoms with Crippen LogP contribution in [0, 0.1) is 11.8 Å². The van der Waals surface area contributed by atoms with Gasteiger partial charge >= 0.3 is 5.97 Å². The number of carboxylic acids is 1. The fraction of sp³-hybridized carbons (Fsp3) is 0.571. The van der Waals surface area contributed by atoms with Crippen molar-refractivity contribution < 1.29 is 29.6 Å². The molecule has 1 aliphatic rings. The first kappa shape index (κ1) is 21.4. The van der Waals surface area contributed by atoms with Gasteiger partial charge in [-0.2, -0.15) is 0 Å². The second kappa shape index (κ2) is 11.1. The Morgan fingerprint density at radius 3 is 2.81 bits per heavy atom. The number of furan rings is 1. The number of aryl methyl sites for hydroxylation is 1. The van der Waals surface area contributed by atoms with Crippen LogP contribution in [0.2, 0.25) is 0 Å². The van der Waals surface area contributed by atoms with Gasteiger partial charge in [-0.15, -0.1) is 0 Å². The minimum absolute atomic E-state index is 0.107. The number of unbranched alkanes of at least 4 members (excludes halogenated alkanes) is 1. The quantitative estimate of drug-likeness (QED) is 0.348. The van der Waals surface area contributed by atoms with Gasteiger partial charge in [0.25, 0.3) is 0 Å². The Kier molecular flexibility index (Phi) is 8.78. The highest BCUT2D eigenvalue weighted by atomic mass is 16.4. The van der Waals surface area contributed by atoms with Crippen LogP contribution in [0.3, 0.4) is 0 Å². The van der Waals surface area contributed by atoms with Gasteiger partial charge in [-0.25, -0.2) is 0 Å². The molecule has 27 heavy (non-hydrogen) atoms. The predicted octanol–water partition coefficient (Wildman–Crippen LogP) is 2.69. The van der Waals surface area contributed by atoms with Gasteiger partial charge in [0, 0.05) is 25.2 Å². The maximum Gasteiger partial charge on any atom is 0.303 e. The summed E-state index contributed by atoms with van der Waals surface area (Å²) in [5.41, 5.74) is 0. The number of aliphatic hydroxyl groups is 3. The van der Waals surface area contributed by atoms with Crippen LogP contribution in [0.5, 0.6) is 0 Å². The minimum Gasteiger partial charge on any atom is -0.481 e. The summed E-state index contributed by atoms with van der Waals surface area (Å²) in [7, 11) is 0. The highest BCUT2D eigenvalue weighted by molar-refractivity contribution is 5.66. The summed E-state index contributed by atoms with van der Waals surface area (Å²) >= 11 is 0. The first-order chi connectivity index (χ1) is 13.0. The van der Waals surface area contributed by atoms with Gasteiger partial charge < -0.3 is 24.8 Å². The Hall–Kier alpha value is -1.89. The van der Waals surface area contributed by atoms with E-state index in [1.807, 2.05) is 30.4 Å². The molecule has 0 aromatic carbocycles. The van der Waals surface area contributed by atoms with Crippen molar-refractivity contribution in [3.8, 4) is 0 Å². The highest BCUT2D eigenvalue weighted by Crippen LogP contribution is 2.36. The molecule has 150 valence electrons. The van der Waals surface area contributed by atoms with E-state index >= 15 is 0 Å². The van der Waals surface area contributed by atoms with Crippen LogP contribution < -0.4 is 0 Å². The maximum atomic E-state index is 10.5. The molecule has 6 heteroatoms. The lowest BCUT2D eigenvalue weighted by molar-refractivity contribution is -0.137. The van der Waals surface area contributed by atoms with Crippen LogP contribution in [-0.4, -0.2) is 44.7 Å². The molecule has 1 saturated carbocycles. The summed E-state index contributed by atoms with van der Waals surface area (Å²) in [6.07, 6.45) is 10.7. The van der Waals surface area contributed by atoms with Gasteiger partial charge in [0.05, 0.1) is 24.6 Å². The van der Waals surface area contributed by atoms with Gasteiger partial charge in [0.15, 0.2) is 0 Å². The standard InChI is InChI=1S/C21H30O6/c22-15(9-11-16-6-5-13-27-16)10-12-18-17(19(23)14-20(18)24)7-3-1-2-4-8-21(25)26/h1,3,5-6,10,12-13,15,17-20,22-24H,2,4,7-9,11,14H2,(H,25,26)/t15?,17-,18-,19?,20?/m1/s1. The molecule has 1 aromatic heterocycles. The second-order valence-corrected chi connectivity index (χ2v) is 7.17. The van der Waals surface area contributed by atoms with Gasteiger partial charge in [-0.3, -0.25) is 4.79 Å². The fourth-order valence-corrected chi connectivity index (χ4v) is 3.55. The summed E-state index contributed by atoms with van der Waals surface area (Å²) in [6, 6.07) is 3.68. The number of hydrogen-bond donors (Lipinski definition) is 4. The number of aliphatic carboxylic acids is 1. The highest BCUT2D eigenvalue weighted by Gasteiger charge is 2.39. The lowest BCUT2D eigenvalue weighted by Crippen LogP contribution is -2.20. The molecule has 0 aliphatic heterocycles. The van der Waals surface area contributed by atoms with E-state index in [1.54, 1.807) is 12.3 Å². The molecule has 0 radical (unpaired) electrons. The molecular weight excluding hydrogens is 348 g/mol. The Bertz CT molecular complexity index is 606. The molecule has 5 atom stereocenters. The molecule has 3 unspecified atom stereocenters. The van der Waals surface area contributed by atoms with E-state index < -0.39 is 24.3 Å². The maximum absolute atomic E-state index is 10.5. The van der Waals surface area contributed by atoms with Crippen molar-refractivity contribution in [2.24, 2.45) is 11.8 Å². The summed E-state index contributed by atoms with van der Waals surface area (Å²) in [6.45, 7) is 0. The van der Waals surface area contributed by atoms with Gasteiger partial charge in [-0.05, 0) is 43.7 Å². The third kappa shape index (κ3) is 7.33. The lowest BCUT2D eigenvalue weighted by Gasteiger charge is -2.19. The lowest BCUT2D eigenvalue weighted by atomic mass is 9.89. The van der Waals surface area contributed by atoms with Crippen molar-refractivity contribution in [3.63, 3.8) is 0 Å². The zero-order valence-electron chi connectivity index (χ0n) is 15.5. The molecule has 6 nitrogen and oxygen atoms in total. The van der Waals surface area contributed by atoms with E-state index in [-0.39, 0.29) is 18.3 Å². The van der Waals surface area contributed by atoms with E-state index in [0.29, 0.717) is 38.5 Å². The van der Waals surface area contributed by atoms with E-state index in [1.165, 1.54) is 0 Å². The Labute approximate surface area is 159 Å². The summed E-state index contributed by atoms with van der Waals surface area (Å²) in [5, 5.41) is 39.2. The van der Waals surface area contributed by atoms with Gasteiger partial charge in [0.2, 0.25) is 0 Å². The van der Waals surface area contributed by atoms with Crippen molar-refractivity contribution in [2.45, 2.75) is 63.3 Å². The van der Waals surface area contributed by atoms with Gasteiger partial charge in [-0.1, -0.05) is 24.3 Å². The monoisotopic (exact) mass is 378 g/mol. The van der Waals surface area contributed by atoms with Crippen LogP contribution in [0.4, 0.5) is 0 Å². The van der Waals surface area contributed by atoms with Crippen molar-refractivity contribution in [3.05, 3.63) is 48.5 Å². The molecule has 1 heterocycles. The topological polar surface area (TPSA) is 111 Å². The number of allylic oxidation sites excluding steroid dienone is 2. The molecule has 0 spiro atoms. The molecule has 0 amide bonds. The molecule has 1 aliphatic carbocycles. The smallest absolute Gasteiger partial charge is 0.303 e. The third-order valence-corrected chi connectivity index (χ3v) is 5.07. The van der Waals surface area contributed by atoms with Crippen LogP contribution in [0.15, 0.2) is 47.1 Å². The number of rotatable bonds is 11. The number of carbonyl (C=O) groups is 1. The fourth-order valence-electron chi connectivity index (χ4n) is 3.55. The number of carboxylic acid groups (broad SMARTS) is 1. The Morgan fingerprint density at radius 1 is 1.30 bits per heavy atom. The van der Waals surface area contributed by atoms with Crippen molar-refractivity contribution in [1.29, 1.82) is 0 Å². The summed E-state index contributed by atoms with van der Waals surface area (Å²) < 4.78 is 5.25. The van der Waals surface area contributed by atoms with Crippen molar-refractivity contribution in [2.75, 3.05) is 0 Å². The first-order valence-electron chi connectivity index (χ1n) is 9.59. The molecule has 2 rings (SSSR count). The molecule has 0 bridgehead atoms. The Balaban J connectivity index is 1.81. The molecule has 1 fully saturated rings. The van der Waals surface area contributed by atoms with E-state index in [0.717, 1.165) is 5.76 Å². The van der Waals surface area contributed by atoms with E-state index in [9.17, 15) is 20.1 Å². The Morgan fingerprint density at radius 2 is 2.11 bits per heavy atom. The SMILES string of the molecule is O=C(O)CCCC=CC[C@H]1C(O)CC(O)[C@@H]1C=CC(O)CCc1ccco1. The molecule has 1 aromatic rings. The number of hydrogen-bond acceptors (Lipinski definition) is 5. The first-order valence-corrected chi connectivity index (χ1v) is 9.59. The molecular formula is C21H30O6. The second-order valence-electron chi connectivity index (χ2n) is 7.17. The largest absolute Gasteiger partial charge is 0.481 e. The summed E-state index contributed by atoms with van der Waals surface area (Å²) in [4.78, 5) is 10.5. The normalized spacial score (nSPS) is 26.9. The predicted molar refractivity (Wildman–Crippen MR) is 101 cm³/mol. The van der Waals surface area contributed by atoms with Crippen LogP contribution >= 0.6 is 0 Å². The van der Waals surface area contributed by atoms with Gasteiger partial charge in [0.1, 0.15) is 5.76 Å².